The van der Waals surface area contributed by atoms with Gasteiger partial charge < -0.3 is 16.0 Å². The number of fused-ring (bicyclic) bond motifs is 1. The molecule has 1 saturated heterocycles. The summed E-state index contributed by atoms with van der Waals surface area (Å²) in [6.07, 6.45) is 5.62. The summed E-state index contributed by atoms with van der Waals surface area (Å²) < 4.78 is 12.4. The SMILES string of the molecule is C=CC(=O)Nc1cccc(-c2c(CC)ccc3cnc(Nc4ccc(NC5CN(CCF)C5)nc4)nc23)c1. The van der Waals surface area contributed by atoms with E-state index in [0.717, 1.165) is 58.6 Å². The van der Waals surface area contributed by atoms with Crippen LogP contribution < -0.4 is 16.0 Å². The van der Waals surface area contributed by atoms with Gasteiger partial charge in [-0.25, -0.2) is 19.3 Å². The van der Waals surface area contributed by atoms with Gasteiger partial charge in [0.05, 0.1) is 23.4 Å². The molecule has 5 rings (SSSR count). The molecule has 0 unspecified atom stereocenters. The first kappa shape index (κ1) is 25.3. The van der Waals surface area contributed by atoms with E-state index < -0.39 is 0 Å². The van der Waals surface area contributed by atoms with Gasteiger partial charge in [0.25, 0.3) is 0 Å². The van der Waals surface area contributed by atoms with E-state index in [1.807, 2.05) is 42.5 Å². The summed E-state index contributed by atoms with van der Waals surface area (Å²) in [5.74, 6) is 0.982. The Morgan fingerprint density at radius 3 is 2.74 bits per heavy atom. The van der Waals surface area contributed by atoms with Gasteiger partial charge in [-0.2, -0.15) is 0 Å². The van der Waals surface area contributed by atoms with E-state index in [1.165, 1.54) is 6.08 Å². The Morgan fingerprint density at radius 1 is 1.13 bits per heavy atom. The van der Waals surface area contributed by atoms with Crippen molar-refractivity contribution in [3.63, 3.8) is 0 Å². The first-order chi connectivity index (χ1) is 18.6. The van der Waals surface area contributed by atoms with Crippen molar-refractivity contribution in [3.05, 3.63) is 79.1 Å². The second-order valence-corrected chi connectivity index (χ2v) is 9.21. The van der Waals surface area contributed by atoms with Crippen molar-refractivity contribution in [2.45, 2.75) is 19.4 Å². The predicted octanol–water partition coefficient (Wildman–Crippen LogP) is 5.19. The third-order valence-corrected chi connectivity index (χ3v) is 6.55. The highest BCUT2D eigenvalue weighted by molar-refractivity contribution is 6.00. The van der Waals surface area contributed by atoms with Crippen LogP contribution in [0.4, 0.5) is 27.5 Å². The average Bonchev–Trinajstić information content (AvgIpc) is 2.92. The van der Waals surface area contributed by atoms with Gasteiger partial charge >= 0.3 is 0 Å². The molecule has 3 heterocycles. The summed E-state index contributed by atoms with van der Waals surface area (Å²) in [6, 6.07) is 16.0. The molecule has 1 aliphatic heterocycles. The first-order valence-corrected chi connectivity index (χ1v) is 12.7. The molecule has 194 valence electrons. The molecule has 38 heavy (non-hydrogen) atoms. The number of amides is 1. The molecule has 0 saturated carbocycles. The third kappa shape index (κ3) is 5.63. The molecule has 0 aliphatic carbocycles. The number of hydrogen-bond acceptors (Lipinski definition) is 7. The summed E-state index contributed by atoms with van der Waals surface area (Å²) in [6.45, 7) is 7.45. The van der Waals surface area contributed by atoms with E-state index in [2.05, 4.69) is 50.4 Å². The number of likely N-dealkylation sites (tertiary alicyclic amines) is 1. The number of pyridine rings is 1. The monoisotopic (exact) mass is 511 g/mol. The van der Waals surface area contributed by atoms with Crippen molar-refractivity contribution < 1.29 is 9.18 Å². The van der Waals surface area contributed by atoms with E-state index in [0.29, 0.717) is 18.2 Å². The summed E-state index contributed by atoms with van der Waals surface area (Å²) >= 11 is 0. The van der Waals surface area contributed by atoms with Crippen LogP contribution in [-0.2, 0) is 11.2 Å². The number of aryl methyl sites for hydroxylation is 1. The fourth-order valence-corrected chi connectivity index (χ4v) is 4.62. The highest BCUT2D eigenvalue weighted by atomic mass is 19.1. The maximum Gasteiger partial charge on any atom is 0.247 e. The quantitative estimate of drug-likeness (QED) is 0.252. The zero-order chi connectivity index (χ0) is 26.5. The van der Waals surface area contributed by atoms with Crippen molar-refractivity contribution >= 4 is 40.0 Å². The number of halogens is 1. The van der Waals surface area contributed by atoms with Crippen molar-refractivity contribution in [3.8, 4) is 11.1 Å². The van der Waals surface area contributed by atoms with Crippen LogP contribution in [0.1, 0.15) is 12.5 Å². The maximum absolute atomic E-state index is 12.4. The number of rotatable bonds is 10. The lowest BCUT2D eigenvalue weighted by Crippen LogP contribution is -2.55. The van der Waals surface area contributed by atoms with Crippen LogP contribution in [0.3, 0.4) is 0 Å². The van der Waals surface area contributed by atoms with Gasteiger partial charge in [0.15, 0.2) is 0 Å². The summed E-state index contributed by atoms with van der Waals surface area (Å²) in [7, 11) is 0. The first-order valence-electron chi connectivity index (χ1n) is 12.7. The molecule has 0 atom stereocenters. The largest absolute Gasteiger partial charge is 0.365 e. The molecular weight excluding hydrogens is 481 g/mol. The van der Waals surface area contributed by atoms with Crippen LogP contribution >= 0.6 is 0 Å². The topological polar surface area (TPSA) is 95.1 Å². The number of nitrogens with zero attached hydrogens (tertiary/aromatic N) is 4. The molecule has 2 aromatic carbocycles. The Kier molecular flexibility index (Phi) is 7.55. The Hall–Kier alpha value is -4.37. The lowest BCUT2D eigenvalue weighted by molar-refractivity contribution is -0.111. The highest BCUT2D eigenvalue weighted by Crippen LogP contribution is 2.33. The lowest BCUT2D eigenvalue weighted by atomic mass is 9.95. The fraction of sp³-hybridized carbons (Fsp3) is 0.241. The Morgan fingerprint density at radius 2 is 2.00 bits per heavy atom. The maximum atomic E-state index is 12.4. The minimum absolute atomic E-state index is 0.258. The van der Waals surface area contributed by atoms with Crippen molar-refractivity contribution in [2.24, 2.45) is 0 Å². The average molecular weight is 512 g/mol. The summed E-state index contributed by atoms with van der Waals surface area (Å²) in [5, 5.41) is 10.4. The number of nitrogens with one attached hydrogen (secondary N) is 3. The number of anilines is 4. The van der Waals surface area contributed by atoms with Crippen molar-refractivity contribution in [1.82, 2.24) is 19.9 Å². The van der Waals surface area contributed by atoms with E-state index >= 15 is 0 Å². The van der Waals surface area contributed by atoms with Gasteiger partial charge in [-0.15, -0.1) is 0 Å². The highest BCUT2D eigenvalue weighted by Gasteiger charge is 2.26. The Labute approximate surface area is 221 Å². The second-order valence-electron chi connectivity index (χ2n) is 9.21. The zero-order valence-corrected chi connectivity index (χ0v) is 21.2. The van der Waals surface area contributed by atoms with E-state index in [9.17, 15) is 9.18 Å². The van der Waals surface area contributed by atoms with Gasteiger partial charge in [-0.3, -0.25) is 9.69 Å². The van der Waals surface area contributed by atoms with Crippen LogP contribution in [0, 0.1) is 0 Å². The number of benzene rings is 2. The predicted molar refractivity (Wildman–Crippen MR) is 151 cm³/mol. The molecule has 3 N–H and O–H groups in total. The number of alkyl halides is 1. The standard InChI is InChI=1S/C29H30FN7O/c1-3-19-8-9-21-15-32-29(35-23-10-11-25(31-16-23)33-24-17-37(18-24)13-12-30)36-28(21)27(19)20-6-5-7-22(14-20)34-26(38)4-2/h4-11,14-16,24H,2-3,12-13,17-18H2,1H3,(H,31,33)(H,34,38)(H,32,35,36). The molecule has 1 amide bonds. The van der Waals surface area contributed by atoms with Crippen molar-refractivity contribution in [1.29, 1.82) is 0 Å². The summed E-state index contributed by atoms with van der Waals surface area (Å²) in [4.78, 5) is 27.8. The number of aromatic nitrogens is 3. The second kappa shape index (κ2) is 11.4. The van der Waals surface area contributed by atoms with Crippen LogP contribution in [0.2, 0.25) is 0 Å². The van der Waals surface area contributed by atoms with Gasteiger partial charge in [-0.1, -0.05) is 37.8 Å². The van der Waals surface area contributed by atoms with Crippen LogP contribution in [0.5, 0.6) is 0 Å². The molecule has 1 fully saturated rings. The molecular formula is C29H30FN7O. The molecule has 9 heteroatoms. The number of hydrogen-bond donors (Lipinski definition) is 3. The molecule has 4 aromatic rings. The van der Waals surface area contributed by atoms with Crippen molar-refractivity contribution in [2.75, 3.05) is 42.3 Å². The van der Waals surface area contributed by atoms with E-state index in [1.54, 1.807) is 12.4 Å². The molecule has 0 spiro atoms. The molecule has 0 bridgehead atoms. The Balaban J connectivity index is 1.38. The van der Waals surface area contributed by atoms with Crippen LogP contribution in [-0.4, -0.2) is 58.1 Å². The normalized spacial score (nSPS) is 13.6. The number of carbonyl (C=O) groups is 1. The minimum Gasteiger partial charge on any atom is -0.365 e. The zero-order valence-electron chi connectivity index (χ0n) is 21.2. The van der Waals surface area contributed by atoms with Gasteiger partial charge in [0.1, 0.15) is 12.5 Å². The fourth-order valence-electron chi connectivity index (χ4n) is 4.62. The molecule has 2 aromatic heterocycles. The van der Waals surface area contributed by atoms with Gasteiger partial charge in [0, 0.05) is 42.5 Å². The van der Waals surface area contributed by atoms with Gasteiger partial charge in [-0.05, 0) is 47.9 Å². The summed E-state index contributed by atoms with van der Waals surface area (Å²) in [5.41, 5.74) is 5.39. The smallest absolute Gasteiger partial charge is 0.247 e. The third-order valence-electron chi connectivity index (χ3n) is 6.55. The van der Waals surface area contributed by atoms with E-state index in [-0.39, 0.29) is 18.6 Å². The lowest BCUT2D eigenvalue weighted by Gasteiger charge is -2.39. The number of carbonyl (C=O) groups excluding carboxylic acids is 1. The Bertz CT molecular complexity index is 1450. The minimum atomic E-state index is -0.316. The van der Waals surface area contributed by atoms with Crippen LogP contribution in [0.15, 0.2) is 73.6 Å². The molecule has 0 radical (unpaired) electrons. The van der Waals surface area contributed by atoms with Gasteiger partial charge in [0.2, 0.25) is 11.9 Å². The van der Waals surface area contributed by atoms with Crippen LogP contribution in [0.25, 0.3) is 22.0 Å². The molecule has 8 nitrogen and oxygen atoms in total. The van der Waals surface area contributed by atoms with E-state index in [4.69, 9.17) is 4.98 Å². The molecule has 1 aliphatic rings.